The first-order chi connectivity index (χ1) is 15.7. The zero-order valence-corrected chi connectivity index (χ0v) is 17.8. The molecule has 1 amide bonds. The predicted octanol–water partition coefficient (Wildman–Crippen LogP) is 3.02. The second-order valence-electron chi connectivity index (χ2n) is 7.40. The van der Waals surface area contributed by atoms with E-state index in [0.717, 1.165) is 30.0 Å². The Balaban J connectivity index is 1.35. The Labute approximate surface area is 184 Å². The minimum absolute atomic E-state index is 0.0746. The van der Waals surface area contributed by atoms with Crippen molar-refractivity contribution in [3.8, 4) is 22.9 Å². The van der Waals surface area contributed by atoms with Gasteiger partial charge in [0.05, 0.1) is 56.1 Å². The van der Waals surface area contributed by atoms with Gasteiger partial charge in [-0.1, -0.05) is 0 Å². The fraction of sp³-hybridized carbons (Fsp3) is 0.217. The Bertz CT molecular complexity index is 1260. The first-order valence-corrected chi connectivity index (χ1v) is 10.2. The van der Waals surface area contributed by atoms with E-state index in [1.807, 2.05) is 53.6 Å². The number of methoxy groups -OCH3 is 2. The zero-order valence-electron chi connectivity index (χ0n) is 17.8. The van der Waals surface area contributed by atoms with Gasteiger partial charge in [0.25, 0.3) is 11.8 Å². The Morgan fingerprint density at radius 3 is 2.69 bits per heavy atom. The highest BCUT2D eigenvalue weighted by Gasteiger charge is 2.31. The maximum atomic E-state index is 13.0. The topological polar surface area (TPSA) is 87.3 Å². The van der Waals surface area contributed by atoms with Crippen LogP contribution >= 0.6 is 0 Å². The molecule has 1 aliphatic rings. The molecule has 162 valence electrons. The second kappa shape index (κ2) is 8.18. The summed E-state index contributed by atoms with van der Waals surface area (Å²) in [6.07, 6.45) is 9.33. The molecule has 0 spiro atoms. The number of hydrogen-bond donors (Lipinski definition) is 0. The number of amides is 1. The Morgan fingerprint density at radius 2 is 1.91 bits per heavy atom. The van der Waals surface area contributed by atoms with Crippen molar-refractivity contribution in [1.82, 2.24) is 24.3 Å². The molecule has 0 aromatic carbocycles. The van der Waals surface area contributed by atoms with E-state index >= 15 is 0 Å². The minimum atomic E-state index is -0.0746. The summed E-state index contributed by atoms with van der Waals surface area (Å²) < 4.78 is 14.5. The van der Waals surface area contributed by atoms with Gasteiger partial charge in [0.15, 0.2) is 5.75 Å². The van der Waals surface area contributed by atoms with Gasteiger partial charge in [-0.05, 0) is 30.3 Å². The first-order valence-electron chi connectivity index (χ1n) is 10.2. The van der Waals surface area contributed by atoms with Gasteiger partial charge in [0, 0.05) is 36.9 Å². The van der Waals surface area contributed by atoms with Crippen molar-refractivity contribution in [3.05, 3.63) is 72.6 Å². The van der Waals surface area contributed by atoms with Gasteiger partial charge in [-0.15, -0.1) is 0 Å². The molecule has 0 fully saturated rings. The number of aromatic nitrogens is 5. The van der Waals surface area contributed by atoms with E-state index < -0.39 is 0 Å². The monoisotopic (exact) mass is 430 g/mol. The zero-order chi connectivity index (χ0) is 22.1. The molecular formula is C23H22N6O3. The number of aryl methyl sites for hydroxylation is 2. The summed E-state index contributed by atoms with van der Waals surface area (Å²) >= 11 is 0. The maximum absolute atomic E-state index is 13.0. The van der Waals surface area contributed by atoms with Gasteiger partial charge in [-0.3, -0.25) is 19.4 Å². The lowest BCUT2D eigenvalue weighted by atomic mass is 10.1. The first kappa shape index (κ1) is 19.8. The molecule has 9 nitrogen and oxygen atoms in total. The molecule has 5 heterocycles. The van der Waals surface area contributed by atoms with Crippen LogP contribution in [0.15, 0.2) is 61.3 Å². The highest BCUT2D eigenvalue weighted by Crippen LogP contribution is 2.32. The van der Waals surface area contributed by atoms with Crippen LogP contribution in [0.1, 0.15) is 16.1 Å². The minimum Gasteiger partial charge on any atom is -0.491 e. The van der Waals surface area contributed by atoms with Crippen LogP contribution in [0.25, 0.3) is 11.3 Å². The van der Waals surface area contributed by atoms with Crippen LogP contribution in [0.4, 0.5) is 5.69 Å². The van der Waals surface area contributed by atoms with Crippen molar-refractivity contribution >= 4 is 11.6 Å². The lowest BCUT2D eigenvalue weighted by Gasteiger charge is -2.12. The Hall–Kier alpha value is -4.14. The average molecular weight is 430 g/mol. The number of carbonyl (C=O) groups is 1. The summed E-state index contributed by atoms with van der Waals surface area (Å²) in [6.45, 7) is 1.93. The van der Waals surface area contributed by atoms with Crippen LogP contribution in [0.2, 0.25) is 0 Å². The van der Waals surface area contributed by atoms with Crippen molar-refractivity contribution in [1.29, 1.82) is 0 Å². The van der Waals surface area contributed by atoms with E-state index in [2.05, 4.69) is 14.6 Å². The number of pyridine rings is 2. The van der Waals surface area contributed by atoms with E-state index in [0.29, 0.717) is 29.4 Å². The largest absolute Gasteiger partial charge is 0.491 e. The third kappa shape index (κ3) is 3.58. The molecule has 0 saturated heterocycles. The smallest absolute Gasteiger partial charge is 0.260 e. The SMILES string of the molecule is COc1cc(-c2ccc3c(n2)CN(c2cnn(CCn4cccc4)c2)C3=O)cnc1OC. The number of ether oxygens (including phenoxy) is 2. The molecule has 0 atom stereocenters. The van der Waals surface area contributed by atoms with Gasteiger partial charge >= 0.3 is 0 Å². The summed E-state index contributed by atoms with van der Waals surface area (Å²) in [7, 11) is 3.11. The molecule has 4 aromatic rings. The van der Waals surface area contributed by atoms with Gasteiger partial charge in [0.2, 0.25) is 0 Å². The van der Waals surface area contributed by atoms with Crippen LogP contribution in [-0.2, 0) is 19.6 Å². The van der Waals surface area contributed by atoms with E-state index in [1.54, 1.807) is 31.5 Å². The van der Waals surface area contributed by atoms with Crippen LogP contribution in [-0.4, -0.2) is 44.4 Å². The van der Waals surface area contributed by atoms with E-state index in [4.69, 9.17) is 14.5 Å². The lowest BCUT2D eigenvalue weighted by Crippen LogP contribution is -2.22. The number of rotatable bonds is 7. The van der Waals surface area contributed by atoms with Crippen molar-refractivity contribution in [3.63, 3.8) is 0 Å². The summed E-state index contributed by atoms with van der Waals surface area (Å²) in [5.41, 5.74) is 3.59. The predicted molar refractivity (Wildman–Crippen MR) is 118 cm³/mol. The summed E-state index contributed by atoms with van der Waals surface area (Å²) in [4.78, 5) is 23.7. The third-order valence-corrected chi connectivity index (χ3v) is 5.47. The Morgan fingerprint density at radius 1 is 1.06 bits per heavy atom. The molecule has 1 aliphatic heterocycles. The van der Waals surface area contributed by atoms with E-state index in [1.165, 1.54) is 0 Å². The molecule has 5 rings (SSSR count). The highest BCUT2D eigenvalue weighted by atomic mass is 16.5. The van der Waals surface area contributed by atoms with Gasteiger partial charge in [-0.25, -0.2) is 4.98 Å². The van der Waals surface area contributed by atoms with Crippen molar-refractivity contribution in [2.24, 2.45) is 0 Å². The number of hydrogen-bond acceptors (Lipinski definition) is 6. The molecule has 0 unspecified atom stereocenters. The molecule has 0 aliphatic carbocycles. The van der Waals surface area contributed by atoms with E-state index in [9.17, 15) is 4.79 Å². The molecule has 4 aromatic heterocycles. The summed E-state index contributed by atoms with van der Waals surface area (Å²) in [5, 5.41) is 4.41. The summed E-state index contributed by atoms with van der Waals surface area (Å²) in [5.74, 6) is 0.860. The summed E-state index contributed by atoms with van der Waals surface area (Å²) in [6, 6.07) is 9.45. The van der Waals surface area contributed by atoms with Crippen LogP contribution in [0.3, 0.4) is 0 Å². The Kier molecular flexibility index (Phi) is 5.06. The highest BCUT2D eigenvalue weighted by molar-refractivity contribution is 6.09. The van der Waals surface area contributed by atoms with Gasteiger partial charge < -0.3 is 14.0 Å². The molecule has 32 heavy (non-hydrogen) atoms. The quantitative estimate of drug-likeness (QED) is 0.448. The number of carbonyl (C=O) groups excluding carboxylic acids is 1. The maximum Gasteiger partial charge on any atom is 0.260 e. The molecule has 9 heteroatoms. The second-order valence-corrected chi connectivity index (χ2v) is 7.40. The molecule has 0 saturated carbocycles. The molecule has 0 bridgehead atoms. The molecule has 0 N–H and O–H groups in total. The van der Waals surface area contributed by atoms with Crippen molar-refractivity contribution in [2.75, 3.05) is 19.1 Å². The van der Waals surface area contributed by atoms with Crippen LogP contribution in [0, 0.1) is 0 Å². The van der Waals surface area contributed by atoms with Crippen molar-refractivity contribution < 1.29 is 14.3 Å². The lowest BCUT2D eigenvalue weighted by molar-refractivity contribution is 0.0996. The third-order valence-electron chi connectivity index (χ3n) is 5.47. The van der Waals surface area contributed by atoms with Crippen LogP contribution in [0.5, 0.6) is 11.6 Å². The standard InChI is InChI=1S/C23H22N6O3/c1-31-21-11-16(12-24-22(21)32-2)19-6-5-18-20(26-19)15-29(23(18)30)17-13-25-28(14-17)10-9-27-7-3-4-8-27/h3-8,11-14H,9-10,15H2,1-2H3. The van der Waals surface area contributed by atoms with E-state index in [-0.39, 0.29) is 5.91 Å². The van der Waals surface area contributed by atoms with Gasteiger partial charge in [-0.2, -0.15) is 5.10 Å². The van der Waals surface area contributed by atoms with Crippen LogP contribution < -0.4 is 14.4 Å². The average Bonchev–Trinajstić information content (AvgIpc) is 3.57. The molecular weight excluding hydrogens is 408 g/mol. The number of anilines is 1. The fourth-order valence-electron chi connectivity index (χ4n) is 3.78. The normalized spacial score (nSPS) is 12.8. The number of nitrogens with zero attached hydrogens (tertiary/aromatic N) is 6. The fourth-order valence-corrected chi connectivity index (χ4v) is 3.78. The number of fused-ring (bicyclic) bond motifs is 1. The molecule has 0 radical (unpaired) electrons. The van der Waals surface area contributed by atoms with Crippen molar-refractivity contribution in [2.45, 2.75) is 19.6 Å². The van der Waals surface area contributed by atoms with Gasteiger partial charge in [0.1, 0.15) is 0 Å².